The highest BCUT2D eigenvalue weighted by atomic mass is 32.1. The van der Waals surface area contributed by atoms with Gasteiger partial charge in [-0.15, -0.1) is 11.3 Å². The summed E-state index contributed by atoms with van der Waals surface area (Å²) in [6.07, 6.45) is 2.89. The van der Waals surface area contributed by atoms with Crippen LogP contribution in [-0.2, 0) is 0 Å². The van der Waals surface area contributed by atoms with E-state index in [0.717, 1.165) is 17.7 Å². The van der Waals surface area contributed by atoms with Gasteiger partial charge in [-0.2, -0.15) is 0 Å². The predicted molar refractivity (Wildman–Crippen MR) is 59.2 cm³/mol. The maximum atomic E-state index is 4.33. The highest BCUT2D eigenvalue weighted by Gasteiger charge is 2.12. The Balaban J connectivity index is 2.15. The summed E-state index contributed by atoms with van der Waals surface area (Å²) in [5.74, 6) is 0. The zero-order valence-electron chi connectivity index (χ0n) is 7.58. The van der Waals surface area contributed by atoms with E-state index in [9.17, 15) is 0 Å². The van der Waals surface area contributed by atoms with Crippen molar-refractivity contribution < 1.29 is 0 Å². The molecule has 0 bridgehead atoms. The molecule has 1 aromatic heterocycles. The quantitative estimate of drug-likeness (QED) is 0.675. The summed E-state index contributed by atoms with van der Waals surface area (Å²) in [6.45, 7) is 5.90. The van der Waals surface area contributed by atoms with Crippen molar-refractivity contribution in [3.05, 3.63) is 40.7 Å². The van der Waals surface area contributed by atoms with Gasteiger partial charge in [-0.25, -0.2) is 0 Å². The van der Waals surface area contributed by atoms with Crippen LogP contribution in [0.1, 0.15) is 18.2 Å². The molecule has 0 atom stereocenters. The Morgan fingerprint density at radius 3 is 3.00 bits per heavy atom. The lowest BCUT2D eigenvalue weighted by molar-refractivity contribution is 1.47. The van der Waals surface area contributed by atoms with Crippen LogP contribution < -0.4 is 0 Å². The van der Waals surface area contributed by atoms with E-state index >= 15 is 0 Å². The van der Waals surface area contributed by atoms with Gasteiger partial charge < -0.3 is 0 Å². The van der Waals surface area contributed by atoms with Crippen molar-refractivity contribution in [1.29, 1.82) is 0 Å². The second-order valence-electron chi connectivity index (χ2n) is 3.16. The summed E-state index contributed by atoms with van der Waals surface area (Å²) in [5.41, 5.74) is 3.50. The second-order valence-corrected chi connectivity index (χ2v) is 4.11. The molecule has 2 heteroatoms. The van der Waals surface area contributed by atoms with E-state index in [1.807, 2.05) is 13.1 Å². The van der Waals surface area contributed by atoms with Gasteiger partial charge in [-0.1, -0.05) is 12.6 Å². The van der Waals surface area contributed by atoms with E-state index in [2.05, 4.69) is 29.1 Å². The fourth-order valence-corrected chi connectivity index (χ4v) is 2.04. The Morgan fingerprint density at radius 1 is 1.62 bits per heavy atom. The molecule has 1 nitrogen and oxygen atoms in total. The molecule has 0 N–H and O–H groups in total. The lowest BCUT2D eigenvalue weighted by atomic mass is 10.1. The topological polar surface area (TPSA) is 12.4 Å². The van der Waals surface area contributed by atoms with Gasteiger partial charge in [0, 0.05) is 23.2 Å². The van der Waals surface area contributed by atoms with Crippen LogP contribution in [0.3, 0.4) is 0 Å². The highest BCUT2D eigenvalue weighted by Crippen LogP contribution is 2.28. The van der Waals surface area contributed by atoms with Gasteiger partial charge in [0.25, 0.3) is 0 Å². The first-order chi connectivity index (χ1) is 6.27. The number of hydrogen-bond acceptors (Lipinski definition) is 2. The van der Waals surface area contributed by atoms with Gasteiger partial charge in [0.1, 0.15) is 0 Å². The summed E-state index contributed by atoms with van der Waals surface area (Å²) in [5, 5.41) is 2.09. The smallest absolute Gasteiger partial charge is 0.0471 e. The van der Waals surface area contributed by atoms with Crippen LogP contribution in [0.4, 0.5) is 0 Å². The van der Waals surface area contributed by atoms with Gasteiger partial charge in [-0.3, -0.25) is 4.99 Å². The lowest BCUT2D eigenvalue weighted by Crippen LogP contribution is -1.94. The van der Waals surface area contributed by atoms with E-state index in [-0.39, 0.29) is 0 Å². The molecule has 1 aliphatic heterocycles. The summed E-state index contributed by atoms with van der Waals surface area (Å²) in [7, 11) is 0. The summed E-state index contributed by atoms with van der Waals surface area (Å²) >= 11 is 1.76. The molecule has 0 saturated carbocycles. The van der Waals surface area contributed by atoms with Crippen molar-refractivity contribution >= 4 is 22.6 Å². The maximum absolute atomic E-state index is 4.33. The molecule has 0 fully saturated rings. The molecule has 2 rings (SSSR count). The van der Waals surface area contributed by atoms with Crippen molar-refractivity contribution in [2.75, 3.05) is 0 Å². The van der Waals surface area contributed by atoms with Crippen LogP contribution in [0, 0.1) is 0 Å². The van der Waals surface area contributed by atoms with Crippen molar-refractivity contribution in [1.82, 2.24) is 0 Å². The molecular formula is C11H11NS. The third-order valence-electron chi connectivity index (χ3n) is 2.06. The van der Waals surface area contributed by atoms with Crippen molar-refractivity contribution in [2.45, 2.75) is 13.3 Å². The number of thiophene rings is 1. The zero-order valence-corrected chi connectivity index (χ0v) is 8.40. The molecule has 66 valence electrons. The number of allylic oxidation sites excluding steroid dienone is 2. The molecule has 0 aromatic carbocycles. The summed E-state index contributed by atoms with van der Waals surface area (Å²) < 4.78 is 0. The molecule has 0 amide bonds. The fraction of sp³-hybridized carbons (Fsp3) is 0.182. The second kappa shape index (κ2) is 3.30. The Morgan fingerprint density at radius 2 is 2.46 bits per heavy atom. The first kappa shape index (κ1) is 8.45. The highest BCUT2D eigenvalue weighted by molar-refractivity contribution is 7.11. The zero-order chi connectivity index (χ0) is 9.26. The molecule has 1 aromatic rings. The summed E-state index contributed by atoms with van der Waals surface area (Å²) in [6, 6.07) is 4.20. The van der Waals surface area contributed by atoms with Gasteiger partial charge in [0.05, 0.1) is 0 Å². The van der Waals surface area contributed by atoms with Gasteiger partial charge in [-0.05, 0) is 29.5 Å². The number of hydrogen-bond donors (Lipinski definition) is 0. The molecule has 0 saturated heterocycles. The molecule has 0 spiro atoms. The molecule has 0 radical (unpaired) electrons. The monoisotopic (exact) mass is 189 g/mol. The van der Waals surface area contributed by atoms with Crippen LogP contribution in [0.25, 0.3) is 5.57 Å². The third kappa shape index (κ3) is 1.63. The SMILES string of the molecule is C=C(C)C1=NC=C(c2cccs2)C1. The van der Waals surface area contributed by atoms with E-state index in [0.29, 0.717) is 0 Å². The fourth-order valence-electron chi connectivity index (χ4n) is 1.30. The first-order valence-electron chi connectivity index (χ1n) is 4.23. The molecular weight excluding hydrogens is 178 g/mol. The van der Waals surface area contributed by atoms with E-state index in [1.165, 1.54) is 10.5 Å². The molecule has 1 aliphatic rings. The first-order valence-corrected chi connectivity index (χ1v) is 5.11. The van der Waals surface area contributed by atoms with Crippen molar-refractivity contribution in [2.24, 2.45) is 4.99 Å². The third-order valence-corrected chi connectivity index (χ3v) is 3.01. The van der Waals surface area contributed by atoms with Gasteiger partial charge in [0.2, 0.25) is 0 Å². The minimum absolute atomic E-state index is 0.940. The number of rotatable bonds is 2. The normalized spacial score (nSPS) is 15.5. The molecule has 2 heterocycles. The van der Waals surface area contributed by atoms with Crippen LogP contribution in [0.5, 0.6) is 0 Å². The molecule has 13 heavy (non-hydrogen) atoms. The van der Waals surface area contributed by atoms with Crippen LogP contribution in [-0.4, -0.2) is 5.71 Å². The van der Waals surface area contributed by atoms with Crippen LogP contribution in [0.15, 0.2) is 40.9 Å². The minimum atomic E-state index is 0.940. The molecule has 0 aliphatic carbocycles. The Kier molecular flexibility index (Phi) is 2.15. The maximum Gasteiger partial charge on any atom is 0.0471 e. The Labute approximate surface area is 82.1 Å². The number of aliphatic imine (C=N–C) groups is 1. The van der Waals surface area contributed by atoms with E-state index in [1.54, 1.807) is 11.3 Å². The van der Waals surface area contributed by atoms with Crippen molar-refractivity contribution in [3.8, 4) is 0 Å². The summed E-state index contributed by atoms with van der Waals surface area (Å²) in [4.78, 5) is 5.65. The lowest BCUT2D eigenvalue weighted by Gasteiger charge is -1.99. The van der Waals surface area contributed by atoms with Gasteiger partial charge >= 0.3 is 0 Å². The average Bonchev–Trinajstić information content (AvgIpc) is 2.75. The van der Waals surface area contributed by atoms with E-state index < -0.39 is 0 Å². The van der Waals surface area contributed by atoms with Crippen molar-refractivity contribution in [3.63, 3.8) is 0 Å². The predicted octanol–water partition coefficient (Wildman–Crippen LogP) is 3.51. The average molecular weight is 189 g/mol. The molecule has 0 unspecified atom stereocenters. The minimum Gasteiger partial charge on any atom is -0.260 e. The number of nitrogens with zero attached hydrogens (tertiary/aromatic N) is 1. The van der Waals surface area contributed by atoms with E-state index in [4.69, 9.17) is 0 Å². The largest absolute Gasteiger partial charge is 0.260 e. The standard InChI is InChI=1S/C11H11NS/c1-8(2)10-6-9(7-12-10)11-4-3-5-13-11/h3-5,7H,1,6H2,2H3. The van der Waals surface area contributed by atoms with Crippen LogP contribution >= 0.6 is 11.3 Å². The van der Waals surface area contributed by atoms with Crippen LogP contribution in [0.2, 0.25) is 0 Å². The van der Waals surface area contributed by atoms with Gasteiger partial charge in [0.15, 0.2) is 0 Å². The Hall–Kier alpha value is -1.15. The Bertz CT molecular complexity index is 382.